The predicted molar refractivity (Wildman–Crippen MR) is 144 cm³/mol. The number of aryl methyl sites for hydroxylation is 1. The average molecular weight is 504 g/mol. The summed E-state index contributed by atoms with van der Waals surface area (Å²) in [7, 11) is 1.84. The lowest BCUT2D eigenvalue weighted by Crippen LogP contribution is -2.00. The van der Waals surface area contributed by atoms with E-state index in [-0.39, 0.29) is 0 Å². The molecular formula is C27H18ClN9. The number of halogens is 1. The van der Waals surface area contributed by atoms with Crippen LogP contribution in [-0.2, 0) is 7.05 Å². The molecule has 0 unspecified atom stereocenters. The maximum Gasteiger partial charge on any atom is 0.161 e. The molecule has 4 heterocycles. The van der Waals surface area contributed by atoms with E-state index < -0.39 is 0 Å². The number of hydrogen-bond acceptors (Lipinski definition) is 8. The molecule has 4 aromatic heterocycles. The minimum atomic E-state index is 0.542. The van der Waals surface area contributed by atoms with Crippen molar-refractivity contribution in [2.45, 2.75) is 0 Å². The number of benzene rings is 2. The summed E-state index contributed by atoms with van der Waals surface area (Å²) in [6.45, 7) is 0. The number of nitrogens with zero attached hydrogens (tertiary/aromatic N) is 7. The summed E-state index contributed by atoms with van der Waals surface area (Å²) < 4.78 is 1.71. The standard InChI is InChI=1S/C27H18ClN9/c1-37-27-22(14-34-37)24(32-15-33-27)20-3-2-9-30-25(20)36-23-12-17(28)11-21-19(23)8-10-31-26(21)35-18-6-4-16(13-29)5-7-18/h2-12,14-15H,1H3,(H,30,36)(H,31,35). The summed E-state index contributed by atoms with van der Waals surface area (Å²) >= 11 is 6.56. The summed E-state index contributed by atoms with van der Waals surface area (Å²) in [5.74, 6) is 1.26. The van der Waals surface area contributed by atoms with E-state index in [1.807, 2.05) is 49.5 Å². The van der Waals surface area contributed by atoms with Gasteiger partial charge in [-0.25, -0.2) is 19.9 Å². The van der Waals surface area contributed by atoms with Crippen molar-refractivity contribution in [1.29, 1.82) is 5.26 Å². The molecule has 0 saturated heterocycles. The van der Waals surface area contributed by atoms with Gasteiger partial charge in [-0.05, 0) is 54.6 Å². The topological polar surface area (TPSA) is 117 Å². The maximum atomic E-state index is 9.07. The molecule has 0 fully saturated rings. The molecule has 0 aliphatic heterocycles. The molecule has 6 aromatic rings. The molecular weight excluding hydrogens is 486 g/mol. The average Bonchev–Trinajstić information content (AvgIpc) is 3.31. The van der Waals surface area contributed by atoms with Crippen LogP contribution >= 0.6 is 11.6 Å². The van der Waals surface area contributed by atoms with Crippen LogP contribution in [0, 0.1) is 11.3 Å². The lowest BCUT2D eigenvalue weighted by molar-refractivity contribution is 0.785. The Labute approximate surface area is 216 Å². The Morgan fingerprint density at radius 1 is 0.865 bits per heavy atom. The molecule has 0 radical (unpaired) electrons. The highest BCUT2D eigenvalue weighted by atomic mass is 35.5. The fourth-order valence-corrected chi connectivity index (χ4v) is 4.44. The minimum absolute atomic E-state index is 0.542. The summed E-state index contributed by atoms with van der Waals surface area (Å²) in [5.41, 5.74) is 4.43. The molecule has 0 aliphatic carbocycles. The fraction of sp³-hybridized carbons (Fsp3) is 0.0370. The molecule has 0 saturated carbocycles. The van der Waals surface area contributed by atoms with E-state index in [0.717, 1.165) is 44.4 Å². The highest BCUT2D eigenvalue weighted by molar-refractivity contribution is 6.32. The van der Waals surface area contributed by atoms with Gasteiger partial charge in [-0.15, -0.1) is 0 Å². The first-order valence-electron chi connectivity index (χ1n) is 11.3. The molecule has 0 aliphatic rings. The lowest BCUT2D eigenvalue weighted by Gasteiger charge is -2.15. The second-order valence-electron chi connectivity index (χ2n) is 8.27. The third-order valence-corrected chi connectivity index (χ3v) is 6.19. The van der Waals surface area contributed by atoms with E-state index in [1.165, 1.54) is 6.33 Å². The Morgan fingerprint density at radius 2 is 1.70 bits per heavy atom. The van der Waals surface area contributed by atoms with Gasteiger partial charge in [0.05, 0.1) is 28.9 Å². The number of pyridine rings is 2. The number of rotatable bonds is 5. The lowest BCUT2D eigenvalue weighted by atomic mass is 10.1. The van der Waals surface area contributed by atoms with Gasteiger partial charge >= 0.3 is 0 Å². The number of fused-ring (bicyclic) bond motifs is 2. The van der Waals surface area contributed by atoms with E-state index in [4.69, 9.17) is 16.9 Å². The first-order valence-corrected chi connectivity index (χ1v) is 11.7. The van der Waals surface area contributed by atoms with E-state index >= 15 is 0 Å². The molecule has 0 amide bonds. The molecule has 0 atom stereocenters. The third kappa shape index (κ3) is 4.16. The molecule has 2 N–H and O–H groups in total. The van der Waals surface area contributed by atoms with Gasteiger partial charge in [0.1, 0.15) is 18.0 Å². The van der Waals surface area contributed by atoms with Crippen molar-refractivity contribution in [1.82, 2.24) is 29.7 Å². The van der Waals surface area contributed by atoms with E-state index in [2.05, 4.69) is 41.7 Å². The minimum Gasteiger partial charge on any atom is -0.340 e. The molecule has 178 valence electrons. The second-order valence-corrected chi connectivity index (χ2v) is 8.71. The Bertz CT molecular complexity index is 1820. The van der Waals surface area contributed by atoms with Crippen LogP contribution in [0.15, 0.2) is 79.5 Å². The first kappa shape index (κ1) is 22.4. The van der Waals surface area contributed by atoms with Crippen molar-refractivity contribution in [2.24, 2.45) is 7.05 Å². The van der Waals surface area contributed by atoms with Crippen molar-refractivity contribution in [3.05, 3.63) is 90.1 Å². The number of nitrogens with one attached hydrogen (secondary N) is 2. The van der Waals surface area contributed by atoms with Gasteiger partial charge in [0.15, 0.2) is 5.65 Å². The third-order valence-electron chi connectivity index (χ3n) is 5.97. The highest BCUT2D eigenvalue weighted by Gasteiger charge is 2.16. The Kier molecular flexibility index (Phi) is 5.56. The largest absolute Gasteiger partial charge is 0.340 e. The van der Waals surface area contributed by atoms with Crippen LogP contribution in [0.5, 0.6) is 0 Å². The van der Waals surface area contributed by atoms with Crippen LogP contribution in [0.2, 0.25) is 5.02 Å². The van der Waals surface area contributed by atoms with Gasteiger partial charge in [0.25, 0.3) is 0 Å². The quantitative estimate of drug-likeness (QED) is 0.295. The SMILES string of the molecule is Cn1ncc2c(-c3cccnc3Nc3cc(Cl)cc4c(Nc5ccc(C#N)cc5)nccc34)ncnc21. The summed E-state index contributed by atoms with van der Waals surface area (Å²) in [6.07, 6.45) is 6.73. The second kappa shape index (κ2) is 9.18. The van der Waals surface area contributed by atoms with Crippen LogP contribution in [-0.4, -0.2) is 29.7 Å². The smallest absolute Gasteiger partial charge is 0.161 e. The van der Waals surface area contributed by atoms with Crippen LogP contribution in [0.3, 0.4) is 0 Å². The highest BCUT2D eigenvalue weighted by Crippen LogP contribution is 2.37. The van der Waals surface area contributed by atoms with E-state index in [1.54, 1.807) is 35.4 Å². The molecule has 2 aromatic carbocycles. The normalized spacial score (nSPS) is 10.9. The number of hydrogen-bond donors (Lipinski definition) is 2. The summed E-state index contributed by atoms with van der Waals surface area (Å²) in [5, 5.41) is 23.3. The van der Waals surface area contributed by atoms with Crippen LogP contribution < -0.4 is 10.6 Å². The molecule has 10 heteroatoms. The van der Waals surface area contributed by atoms with Crippen molar-refractivity contribution in [3.8, 4) is 17.3 Å². The van der Waals surface area contributed by atoms with Gasteiger partial charge < -0.3 is 10.6 Å². The van der Waals surface area contributed by atoms with Crippen molar-refractivity contribution in [2.75, 3.05) is 10.6 Å². The molecule has 6 rings (SSSR count). The van der Waals surface area contributed by atoms with Gasteiger partial charge in [0, 0.05) is 52.2 Å². The van der Waals surface area contributed by atoms with Gasteiger partial charge in [0.2, 0.25) is 0 Å². The van der Waals surface area contributed by atoms with Crippen molar-refractivity contribution < 1.29 is 0 Å². The van der Waals surface area contributed by atoms with Gasteiger partial charge in [-0.2, -0.15) is 10.4 Å². The zero-order chi connectivity index (χ0) is 25.4. The summed E-state index contributed by atoms with van der Waals surface area (Å²) in [4.78, 5) is 18.0. The van der Waals surface area contributed by atoms with Gasteiger partial charge in [-0.3, -0.25) is 4.68 Å². The van der Waals surface area contributed by atoms with Crippen molar-refractivity contribution in [3.63, 3.8) is 0 Å². The molecule has 9 nitrogen and oxygen atoms in total. The van der Waals surface area contributed by atoms with Crippen LogP contribution in [0.25, 0.3) is 33.1 Å². The Balaban J connectivity index is 1.43. The first-order chi connectivity index (χ1) is 18.1. The molecule has 37 heavy (non-hydrogen) atoms. The van der Waals surface area contributed by atoms with Crippen LogP contribution in [0.4, 0.5) is 23.0 Å². The summed E-state index contributed by atoms with van der Waals surface area (Å²) in [6, 6.07) is 18.8. The number of nitriles is 1. The zero-order valence-electron chi connectivity index (χ0n) is 19.5. The van der Waals surface area contributed by atoms with E-state index in [0.29, 0.717) is 22.2 Å². The number of aromatic nitrogens is 6. The monoisotopic (exact) mass is 503 g/mol. The van der Waals surface area contributed by atoms with Crippen LogP contribution in [0.1, 0.15) is 5.56 Å². The van der Waals surface area contributed by atoms with E-state index in [9.17, 15) is 0 Å². The van der Waals surface area contributed by atoms with Crippen molar-refractivity contribution >= 4 is 56.4 Å². The Hall–Kier alpha value is -5.07. The molecule has 0 spiro atoms. The molecule has 0 bridgehead atoms. The number of anilines is 4. The maximum absolute atomic E-state index is 9.07. The zero-order valence-corrected chi connectivity index (χ0v) is 20.3. The Morgan fingerprint density at radius 3 is 2.54 bits per heavy atom. The fourth-order valence-electron chi connectivity index (χ4n) is 4.22. The predicted octanol–water partition coefficient (Wildman–Crippen LogP) is 5.99. The van der Waals surface area contributed by atoms with Gasteiger partial charge in [-0.1, -0.05) is 11.6 Å².